The molecule has 0 radical (unpaired) electrons. The first-order chi connectivity index (χ1) is 13.5. The molecular formula is C18H16F6N4O. The van der Waals surface area contributed by atoms with E-state index in [1.807, 2.05) is 0 Å². The molecule has 0 spiro atoms. The first-order valence-electron chi connectivity index (χ1n) is 9.01. The fourth-order valence-corrected chi connectivity index (χ4v) is 3.71. The normalized spacial score (nSPS) is 24.1. The van der Waals surface area contributed by atoms with Gasteiger partial charge in [-0.25, -0.2) is 0 Å². The number of hydrogen-bond donors (Lipinski definition) is 1. The number of aromatic nitrogens is 3. The molecule has 4 rings (SSSR count). The van der Waals surface area contributed by atoms with Crippen LogP contribution in [0.15, 0.2) is 24.4 Å². The zero-order valence-electron chi connectivity index (χ0n) is 14.9. The van der Waals surface area contributed by atoms with Crippen molar-refractivity contribution in [3.8, 4) is 11.3 Å². The number of nitrogens with one attached hydrogen (secondary N) is 1. The lowest BCUT2D eigenvalue weighted by Gasteiger charge is -2.35. The van der Waals surface area contributed by atoms with Gasteiger partial charge in [0, 0.05) is 24.2 Å². The van der Waals surface area contributed by atoms with E-state index in [9.17, 15) is 31.1 Å². The van der Waals surface area contributed by atoms with E-state index in [0.717, 1.165) is 12.3 Å². The average Bonchev–Trinajstić information content (AvgIpc) is 3.13. The van der Waals surface area contributed by atoms with Crippen molar-refractivity contribution in [2.75, 3.05) is 0 Å². The molecule has 5 nitrogen and oxygen atoms in total. The molecule has 0 unspecified atom stereocenters. The smallest absolute Gasteiger partial charge is 0.347 e. The Balaban J connectivity index is 1.46. The Hall–Kier alpha value is -2.59. The van der Waals surface area contributed by atoms with Gasteiger partial charge in [-0.1, -0.05) is 0 Å². The Labute approximate surface area is 161 Å². The summed E-state index contributed by atoms with van der Waals surface area (Å²) in [6, 6.07) is 3.47. The number of aryl methyl sites for hydroxylation is 1. The summed E-state index contributed by atoms with van der Waals surface area (Å²) >= 11 is 0. The van der Waals surface area contributed by atoms with Gasteiger partial charge in [-0.3, -0.25) is 14.5 Å². The molecule has 1 aliphatic carbocycles. The molecule has 2 aromatic rings. The minimum Gasteiger partial charge on any atom is -0.347 e. The maximum absolute atomic E-state index is 12.9. The fourth-order valence-electron chi connectivity index (χ4n) is 3.71. The third-order valence-electron chi connectivity index (χ3n) is 5.43. The topological polar surface area (TPSA) is 59.8 Å². The van der Waals surface area contributed by atoms with Gasteiger partial charge in [0.1, 0.15) is 5.69 Å². The Kier molecular flexibility index (Phi) is 4.58. The number of halogens is 6. The third kappa shape index (κ3) is 3.82. The van der Waals surface area contributed by atoms with Gasteiger partial charge in [-0.05, 0) is 37.5 Å². The molecule has 0 saturated heterocycles. The summed E-state index contributed by atoms with van der Waals surface area (Å²) in [4.78, 5) is 15.6. The molecule has 2 aromatic heterocycles. The van der Waals surface area contributed by atoms with Crippen molar-refractivity contribution >= 4 is 5.91 Å². The number of pyridine rings is 1. The van der Waals surface area contributed by atoms with Crippen LogP contribution in [-0.2, 0) is 17.5 Å². The molecule has 2 aliphatic rings. The zero-order valence-corrected chi connectivity index (χ0v) is 14.9. The highest BCUT2D eigenvalue weighted by Gasteiger charge is 2.50. The van der Waals surface area contributed by atoms with Crippen LogP contribution in [-0.4, -0.2) is 26.8 Å². The van der Waals surface area contributed by atoms with Gasteiger partial charge in [0.15, 0.2) is 0 Å². The molecule has 156 valence electrons. The van der Waals surface area contributed by atoms with Crippen LogP contribution < -0.4 is 5.32 Å². The molecule has 11 heteroatoms. The first-order valence-corrected chi connectivity index (χ1v) is 9.01. The highest BCUT2D eigenvalue weighted by atomic mass is 19.4. The van der Waals surface area contributed by atoms with E-state index in [0.29, 0.717) is 24.4 Å². The van der Waals surface area contributed by atoms with Gasteiger partial charge >= 0.3 is 12.4 Å². The van der Waals surface area contributed by atoms with E-state index in [2.05, 4.69) is 15.4 Å². The van der Waals surface area contributed by atoms with Crippen LogP contribution in [0, 0.1) is 11.8 Å². The van der Waals surface area contributed by atoms with Crippen LogP contribution in [0.3, 0.4) is 0 Å². The number of hydrogen-bond acceptors (Lipinski definition) is 3. The van der Waals surface area contributed by atoms with Crippen LogP contribution >= 0.6 is 0 Å². The molecule has 29 heavy (non-hydrogen) atoms. The monoisotopic (exact) mass is 418 g/mol. The van der Waals surface area contributed by atoms with E-state index in [1.54, 1.807) is 10.7 Å². The van der Waals surface area contributed by atoms with Crippen molar-refractivity contribution in [2.45, 2.75) is 44.2 Å². The minimum atomic E-state index is -4.58. The van der Waals surface area contributed by atoms with Crippen molar-refractivity contribution in [3.63, 3.8) is 0 Å². The lowest BCUT2D eigenvalue weighted by molar-refractivity contribution is -0.204. The third-order valence-corrected chi connectivity index (χ3v) is 5.43. The molecule has 3 heterocycles. The number of fused-ring (bicyclic) bond motifs is 1. The number of carbonyl (C=O) groups is 1. The van der Waals surface area contributed by atoms with Gasteiger partial charge in [0.05, 0.1) is 23.3 Å². The van der Waals surface area contributed by atoms with E-state index in [-0.39, 0.29) is 18.4 Å². The van der Waals surface area contributed by atoms with Crippen molar-refractivity contribution in [1.29, 1.82) is 0 Å². The number of carbonyl (C=O) groups excluding carboxylic acids is 1. The van der Waals surface area contributed by atoms with Crippen molar-refractivity contribution in [2.24, 2.45) is 11.8 Å². The standard InChI is InChI=1S/C18H16F6N4O/c19-17(20,21)11-5-10(6-11)16(29)26-12-2-4-28-14(12)8-13(27-28)9-1-3-25-15(7-9)18(22,23)24/h1,3,7-8,10-12H,2,4-6H2,(H,26,29)/t10?,11?,12-/m1/s1. The van der Waals surface area contributed by atoms with Gasteiger partial charge in [-0.15, -0.1) is 0 Å². The lowest BCUT2D eigenvalue weighted by Crippen LogP contribution is -2.44. The molecule has 1 N–H and O–H groups in total. The van der Waals surface area contributed by atoms with Crippen molar-refractivity contribution in [3.05, 3.63) is 35.8 Å². The van der Waals surface area contributed by atoms with Crippen LogP contribution in [0.2, 0.25) is 0 Å². The number of nitrogens with zero attached hydrogens (tertiary/aromatic N) is 3. The number of amides is 1. The average molecular weight is 418 g/mol. The van der Waals surface area contributed by atoms with Crippen LogP contribution in [0.25, 0.3) is 11.3 Å². The largest absolute Gasteiger partial charge is 0.433 e. The van der Waals surface area contributed by atoms with E-state index in [1.165, 1.54) is 6.07 Å². The summed E-state index contributed by atoms with van der Waals surface area (Å²) in [7, 11) is 0. The molecule has 0 aromatic carbocycles. The maximum atomic E-state index is 12.9. The summed E-state index contributed by atoms with van der Waals surface area (Å²) in [5.74, 6) is -2.55. The van der Waals surface area contributed by atoms with E-state index < -0.39 is 41.8 Å². The Bertz CT molecular complexity index is 929. The second-order valence-corrected chi connectivity index (χ2v) is 7.36. The van der Waals surface area contributed by atoms with Crippen molar-refractivity contribution in [1.82, 2.24) is 20.1 Å². The number of alkyl halides is 6. The zero-order chi connectivity index (χ0) is 21.0. The fraction of sp³-hybridized carbons (Fsp3) is 0.500. The summed E-state index contributed by atoms with van der Waals surface area (Å²) < 4.78 is 77.9. The lowest BCUT2D eigenvalue weighted by atomic mass is 9.74. The first kappa shape index (κ1) is 19.7. The summed E-state index contributed by atoms with van der Waals surface area (Å²) in [6.45, 7) is 0.452. The maximum Gasteiger partial charge on any atom is 0.433 e. The second-order valence-electron chi connectivity index (χ2n) is 7.36. The van der Waals surface area contributed by atoms with Gasteiger partial charge in [0.2, 0.25) is 5.91 Å². The number of rotatable bonds is 3. The Morgan fingerprint density at radius 2 is 1.86 bits per heavy atom. The van der Waals surface area contributed by atoms with Crippen molar-refractivity contribution < 1.29 is 31.1 Å². The summed E-state index contributed by atoms with van der Waals surface area (Å²) in [5.41, 5.74) is 0.140. The summed E-state index contributed by atoms with van der Waals surface area (Å²) in [5, 5.41) is 7.04. The minimum absolute atomic E-state index is 0.218. The molecule has 1 fully saturated rings. The Morgan fingerprint density at radius 1 is 1.14 bits per heavy atom. The van der Waals surface area contributed by atoms with Gasteiger partial charge < -0.3 is 5.32 Å². The highest BCUT2D eigenvalue weighted by molar-refractivity contribution is 5.80. The molecule has 1 saturated carbocycles. The van der Waals surface area contributed by atoms with Crippen LogP contribution in [0.4, 0.5) is 26.3 Å². The predicted octanol–water partition coefficient (Wildman–Crippen LogP) is 4.11. The molecule has 0 bridgehead atoms. The molecule has 1 atom stereocenters. The molecular weight excluding hydrogens is 402 g/mol. The SMILES string of the molecule is O=C(N[C@@H]1CCn2nc(-c3ccnc(C(F)(F)F)c3)cc21)C1CC(C(F)(F)F)C1. The van der Waals surface area contributed by atoms with E-state index >= 15 is 0 Å². The molecule has 1 aliphatic heterocycles. The summed E-state index contributed by atoms with van der Waals surface area (Å²) in [6.07, 6.45) is -7.72. The predicted molar refractivity (Wildman–Crippen MR) is 88.2 cm³/mol. The highest BCUT2D eigenvalue weighted by Crippen LogP contribution is 2.45. The van der Waals surface area contributed by atoms with Crippen LogP contribution in [0.5, 0.6) is 0 Å². The quantitative estimate of drug-likeness (QED) is 0.764. The van der Waals surface area contributed by atoms with Crippen LogP contribution in [0.1, 0.15) is 36.7 Å². The van der Waals surface area contributed by atoms with E-state index in [4.69, 9.17) is 0 Å². The molecule has 1 amide bonds. The van der Waals surface area contributed by atoms with Gasteiger partial charge in [0.25, 0.3) is 0 Å². The van der Waals surface area contributed by atoms with Gasteiger partial charge in [-0.2, -0.15) is 31.4 Å². The Morgan fingerprint density at radius 3 is 2.52 bits per heavy atom. The second kappa shape index (κ2) is 6.74.